The lowest BCUT2D eigenvalue weighted by Crippen LogP contribution is -2.14. The maximum absolute atomic E-state index is 12.3. The van der Waals surface area contributed by atoms with Gasteiger partial charge in [0.15, 0.2) is 5.58 Å². The van der Waals surface area contributed by atoms with Crippen molar-refractivity contribution in [3.05, 3.63) is 52.9 Å². The van der Waals surface area contributed by atoms with Crippen LogP contribution in [-0.2, 0) is 0 Å². The predicted molar refractivity (Wildman–Crippen MR) is 79.2 cm³/mol. The number of fused-ring (bicyclic) bond motifs is 1. The average molecular weight is 268 g/mol. The maximum atomic E-state index is 12.3. The van der Waals surface area contributed by atoms with Gasteiger partial charge in [-0.25, -0.2) is 0 Å². The van der Waals surface area contributed by atoms with Crippen molar-refractivity contribution in [2.45, 2.75) is 20.8 Å². The highest BCUT2D eigenvalue weighted by molar-refractivity contribution is 6.06. The molecule has 0 radical (unpaired) electrons. The molecule has 20 heavy (non-hydrogen) atoms. The summed E-state index contributed by atoms with van der Waals surface area (Å²) in [5.41, 5.74) is 6.19. The summed E-state index contributed by atoms with van der Waals surface area (Å²) in [5, 5.41) is 2.96. The van der Waals surface area contributed by atoms with Gasteiger partial charge in [-0.1, -0.05) is 17.7 Å². The molecule has 4 heteroatoms. The van der Waals surface area contributed by atoms with Crippen LogP contribution in [0.2, 0.25) is 0 Å². The van der Waals surface area contributed by atoms with E-state index in [2.05, 4.69) is 22.4 Å². The van der Waals surface area contributed by atoms with Crippen LogP contribution in [0.1, 0.15) is 27.2 Å². The van der Waals surface area contributed by atoms with Crippen molar-refractivity contribution < 1.29 is 9.21 Å². The molecular formula is C16H16N2O2. The Kier molecular flexibility index (Phi) is 2.86. The summed E-state index contributed by atoms with van der Waals surface area (Å²) in [7, 11) is 0. The number of amides is 1. The number of rotatable bonds is 2. The van der Waals surface area contributed by atoms with Crippen LogP contribution in [0, 0.1) is 20.8 Å². The van der Waals surface area contributed by atoms with Gasteiger partial charge in [0.05, 0.1) is 11.8 Å². The summed E-state index contributed by atoms with van der Waals surface area (Å²) in [5.74, 6) is -0.161. The number of anilines is 1. The summed E-state index contributed by atoms with van der Waals surface area (Å²) in [6, 6.07) is 7.63. The minimum absolute atomic E-state index is 0.161. The molecule has 2 N–H and O–H groups in total. The molecule has 102 valence electrons. The van der Waals surface area contributed by atoms with E-state index in [1.165, 1.54) is 5.56 Å². The monoisotopic (exact) mass is 268 g/mol. The van der Waals surface area contributed by atoms with Gasteiger partial charge in [0, 0.05) is 17.8 Å². The number of aromatic nitrogens is 1. The van der Waals surface area contributed by atoms with Gasteiger partial charge in [-0.2, -0.15) is 0 Å². The van der Waals surface area contributed by atoms with Crippen molar-refractivity contribution >= 4 is 22.7 Å². The van der Waals surface area contributed by atoms with Gasteiger partial charge in [-0.3, -0.25) is 4.79 Å². The zero-order chi connectivity index (χ0) is 14.3. The molecule has 0 aliphatic rings. The zero-order valence-corrected chi connectivity index (χ0v) is 11.7. The third-order valence-electron chi connectivity index (χ3n) is 3.40. The second kappa shape index (κ2) is 4.56. The van der Waals surface area contributed by atoms with E-state index in [1.807, 2.05) is 20.8 Å². The summed E-state index contributed by atoms with van der Waals surface area (Å²) >= 11 is 0. The Bertz CT molecular complexity index is 744. The van der Waals surface area contributed by atoms with Gasteiger partial charge in [-0.15, -0.1) is 0 Å². The smallest absolute Gasteiger partial charge is 0.272 e. The molecule has 3 aromatic rings. The predicted octanol–water partition coefficient (Wildman–Crippen LogP) is 3.94. The Balaban J connectivity index is 1.91. The van der Waals surface area contributed by atoms with Crippen molar-refractivity contribution in [3.8, 4) is 0 Å². The normalized spacial score (nSPS) is 10.9. The lowest BCUT2D eigenvalue weighted by molar-refractivity contribution is 0.102. The molecule has 0 aliphatic heterocycles. The Hall–Kier alpha value is -2.49. The summed E-state index contributed by atoms with van der Waals surface area (Å²) < 4.78 is 5.25. The van der Waals surface area contributed by atoms with Gasteiger partial charge >= 0.3 is 0 Å². The van der Waals surface area contributed by atoms with E-state index in [1.54, 1.807) is 18.4 Å². The number of nitrogens with one attached hydrogen (secondary N) is 2. The standard InChI is InChI=1S/C16H16N2O2/c1-9-6-10(2)15(11(3)7-9)18-16(19)13-8-14-12(17-13)4-5-20-14/h4-8,17H,1-3H3,(H,18,19). The minimum Gasteiger partial charge on any atom is -0.463 e. The molecular weight excluding hydrogens is 252 g/mol. The third-order valence-corrected chi connectivity index (χ3v) is 3.40. The minimum atomic E-state index is -0.161. The molecule has 2 heterocycles. The molecule has 0 atom stereocenters. The number of carbonyl (C=O) groups is 1. The third kappa shape index (κ3) is 2.09. The zero-order valence-electron chi connectivity index (χ0n) is 11.7. The second-order valence-corrected chi connectivity index (χ2v) is 5.11. The van der Waals surface area contributed by atoms with Crippen LogP contribution in [0.25, 0.3) is 11.1 Å². The van der Waals surface area contributed by atoms with E-state index in [0.29, 0.717) is 11.3 Å². The number of H-pyrrole nitrogens is 1. The Morgan fingerprint density at radius 1 is 1.15 bits per heavy atom. The van der Waals surface area contributed by atoms with Crippen molar-refractivity contribution in [1.29, 1.82) is 0 Å². The van der Waals surface area contributed by atoms with Crippen LogP contribution in [0.15, 0.2) is 34.9 Å². The SMILES string of the molecule is Cc1cc(C)c(NC(=O)c2cc3occc3[nH]2)c(C)c1. The van der Waals surface area contributed by atoms with Crippen LogP contribution < -0.4 is 5.32 Å². The highest BCUT2D eigenvalue weighted by atomic mass is 16.3. The summed E-state index contributed by atoms with van der Waals surface area (Å²) in [6.45, 7) is 6.04. The van der Waals surface area contributed by atoms with Gasteiger partial charge in [-0.05, 0) is 31.9 Å². The molecule has 0 aliphatic carbocycles. The number of furan rings is 1. The number of hydrogen-bond acceptors (Lipinski definition) is 2. The van der Waals surface area contributed by atoms with E-state index in [4.69, 9.17) is 4.42 Å². The highest BCUT2D eigenvalue weighted by Gasteiger charge is 2.13. The van der Waals surface area contributed by atoms with E-state index in [0.717, 1.165) is 22.3 Å². The van der Waals surface area contributed by atoms with Crippen molar-refractivity contribution in [2.75, 3.05) is 5.32 Å². The molecule has 2 aromatic heterocycles. The largest absolute Gasteiger partial charge is 0.463 e. The fourth-order valence-electron chi connectivity index (χ4n) is 2.53. The molecule has 0 bridgehead atoms. The van der Waals surface area contributed by atoms with Crippen molar-refractivity contribution in [2.24, 2.45) is 0 Å². The van der Waals surface area contributed by atoms with E-state index < -0.39 is 0 Å². The first kappa shape index (κ1) is 12.5. The Morgan fingerprint density at radius 2 is 1.85 bits per heavy atom. The first-order valence-electron chi connectivity index (χ1n) is 6.50. The van der Waals surface area contributed by atoms with Crippen LogP contribution >= 0.6 is 0 Å². The van der Waals surface area contributed by atoms with Crippen LogP contribution in [0.5, 0.6) is 0 Å². The molecule has 1 aromatic carbocycles. The fraction of sp³-hybridized carbons (Fsp3) is 0.188. The topological polar surface area (TPSA) is 58.0 Å². The number of benzene rings is 1. The molecule has 3 rings (SSSR count). The first-order valence-corrected chi connectivity index (χ1v) is 6.50. The van der Waals surface area contributed by atoms with Gasteiger partial charge < -0.3 is 14.7 Å². The Morgan fingerprint density at radius 3 is 2.50 bits per heavy atom. The molecule has 0 unspecified atom stereocenters. The van der Waals surface area contributed by atoms with Crippen LogP contribution in [0.3, 0.4) is 0 Å². The van der Waals surface area contributed by atoms with Gasteiger partial charge in [0.2, 0.25) is 0 Å². The lowest BCUT2D eigenvalue weighted by Gasteiger charge is -2.12. The highest BCUT2D eigenvalue weighted by Crippen LogP contribution is 2.23. The van der Waals surface area contributed by atoms with Crippen molar-refractivity contribution in [1.82, 2.24) is 4.98 Å². The average Bonchev–Trinajstić information content (AvgIpc) is 2.93. The molecule has 0 saturated carbocycles. The maximum Gasteiger partial charge on any atom is 0.272 e. The van der Waals surface area contributed by atoms with Gasteiger partial charge in [0.1, 0.15) is 5.69 Å². The Labute approximate surface area is 116 Å². The van der Waals surface area contributed by atoms with Crippen molar-refractivity contribution in [3.63, 3.8) is 0 Å². The van der Waals surface area contributed by atoms with Crippen LogP contribution in [0.4, 0.5) is 5.69 Å². The first-order chi connectivity index (χ1) is 9.54. The second-order valence-electron chi connectivity index (χ2n) is 5.11. The quantitative estimate of drug-likeness (QED) is 0.739. The number of carbonyl (C=O) groups excluding carboxylic acids is 1. The summed E-state index contributed by atoms with van der Waals surface area (Å²) in [4.78, 5) is 15.3. The number of aryl methyl sites for hydroxylation is 3. The fourth-order valence-corrected chi connectivity index (χ4v) is 2.53. The lowest BCUT2D eigenvalue weighted by atomic mass is 10.1. The summed E-state index contributed by atoms with van der Waals surface area (Å²) in [6.07, 6.45) is 1.59. The van der Waals surface area contributed by atoms with E-state index >= 15 is 0 Å². The van der Waals surface area contributed by atoms with Crippen LogP contribution in [-0.4, -0.2) is 10.9 Å². The van der Waals surface area contributed by atoms with E-state index in [9.17, 15) is 4.79 Å². The molecule has 0 spiro atoms. The molecule has 4 nitrogen and oxygen atoms in total. The van der Waals surface area contributed by atoms with E-state index in [-0.39, 0.29) is 5.91 Å². The number of hydrogen-bond donors (Lipinski definition) is 2. The van der Waals surface area contributed by atoms with Gasteiger partial charge in [0.25, 0.3) is 5.91 Å². The molecule has 0 fully saturated rings. The molecule has 0 saturated heterocycles. The number of aromatic amines is 1. The molecule has 1 amide bonds.